The van der Waals surface area contributed by atoms with Gasteiger partial charge in [0.15, 0.2) is 0 Å². The van der Waals surface area contributed by atoms with Gasteiger partial charge in [0.1, 0.15) is 6.29 Å². The highest BCUT2D eigenvalue weighted by Gasteiger charge is 2.26. The van der Waals surface area contributed by atoms with E-state index < -0.39 is 0 Å². The van der Waals surface area contributed by atoms with Crippen molar-refractivity contribution in [1.82, 2.24) is 9.80 Å². The van der Waals surface area contributed by atoms with E-state index in [2.05, 4.69) is 0 Å². The lowest BCUT2D eigenvalue weighted by molar-refractivity contribution is -0.134. The minimum absolute atomic E-state index is 0.0400. The van der Waals surface area contributed by atoms with E-state index in [0.29, 0.717) is 6.54 Å². The molecule has 2 atom stereocenters. The Bertz CT molecular complexity index is 475. The predicted octanol–water partition coefficient (Wildman–Crippen LogP) is 2.26. The van der Waals surface area contributed by atoms with Crippen molar-refractivity contribution in [3.05, 3.63) is 35.9 Å². The minimum Gasteiger partial charge on any atom is -0.338 e. The van der Waals surface area contributed by atoms with Gasteiger partial charge in [0.25, 0.3) is 0 Å². The van der Waals surface area contributed by atoms with E-state index >= 15 is 0 Å². The van der Waals surface area contributed by atoms with Gasteiger partial charge in [-0.2, -0.15) is 0 Å². The smallest absolute Gasteiger partial charge is 0.237 e. The van der Waals surface area contributed by atoms with E-state index in [-0.39, 0.29) is 18.0 Å². The maximum absolute atomic E-state index is 12.5. The molecule has 1 aromatic rings. The van der Waals surface area contributed by atoms with Crippen LogP contribution in [0.25, 0.3) is 0 Å². The molecule has 4 nitrogen and oxygen atoms in total. The summed E-state index contributed by atoms with van der Waals surface area (Å²) in [5.41, 5.74) is 1.12. The van der Waals surface area contributed by atoms with Crippen molar-refractivity contribution in [2.75, 3.05) is 20.1 Å². The maximum atomic E-state index is 12.5. The molecule has 114 valence electrons. The van der Waals surface area contributed by atoms with Gasteiger partial charge in [0.2, 0.25) is 5.91 Å². The van der Waals surface area contributed by atoms with Crippen LogP contribution in [0, 0.1) is 0 Å². The molecule has 1 aliphatic rings. The third-order valence-electron chi connectivity index (χ3n) is 4.42. The molecule has 1 aromatic carbocycles. The monoisotopic (exact) mass is 288 g/mol. The highest BCUT2D eigenvalue weighted by Crippen LogP contribution is 2.20. The number of piperidine rings is 1. The third-order valence-corrected chi connectivity index (χ3v) is 4.42. The molecule has 2 unspecified atom stereocenters. The zero-order valence-corrected chi connectivity index (χ0v) is 12.9. The van der Waals surface area contributed by atoms with Crippen LogP contribution in [0.1, 0.15) is 37.8 Å². The van der Waals surface area contributed by atoms with E-state index in [1.54, 1.807) is 4.90 Å². The van der Waals surface area contributed by atoms with Gasteiger partial charge in [-0.15, -0.1) is 0 Å². The summed E-state index contributed by atoms with van der Waals surface area (Å²) in [4.78, 5) is 27.3. The SMILES string of the molecule is CC(c1ccccc1)N(C)C(=O)CN1CCCCC1C=O. The average Bonchev–Trinajstić information content (AvgIpc) is 2.54. The van der Waals surface area contributed by atoms with Crippen molar-refractivity contribution in [2.45, 2.75) is 38.3 Å². The highest BCUT2D eigenvalue weighted by atomic mass is 16.2. The fourth-order valence-electron chi connectivity index (χ4n) is 2.82. The van der Waals surface area contributed by atoms with Crippen LogP contribution in [-0.2, 0) is 9.59 Å². The lowest BCUT2D eigenvalue weighted by Crippen LogP contribution is -2.47. The lowest BCUT2D eigenvalue weighted by Gasteiger charge is -2.34. The molecule has 0 N–H and O–H groups in total. The number of carbonyl (C=O) groups excluding carboxylic acids is 2. The summed E-state index contributed by atoms with van der Waals surface area (Å²) in [7, 11) is 1.83. The van der Waals surface area contributed by atoms with Gasteiger partial charge in [-0.1, -0.05) is 36.8 Å². The molecule has 0 radical (unpaired) electrons. The first-order chi connectivity index (χ1) is 10.1. The predicted molar refractivity (Wildman–Crippen MR) is 82.9 cm³/mol. The van der Waals surface area contributed by atoms with Gasteiger partial charge in [0.05, 0.1) is 18.6 Å². The van der Waals surface area contributed by atoms with E-state index in [4.69, 9.17) is 0 Å². The highest BCUT2D eigenvalue weighted by molar-refractivity contribution is 5.79. The minimum atomic E-state index is -0.0943. The van der Waals surface area contributed by atoms with E-state index in [1.165, 1.54) is 0 Å². The number of hydrogen-bond acceptors (Lipinski definition) is 3. The molecule has 1 fully saturated rings. The number of likely N-dealkylation sites (N-methyl/N-ethyl adjacent to an activating group) is 1. The first-order valence-corrected chi connectivity index (χ1v) is 7.63. The number of rotatable bonds is 5. The van der Waals surface area contributed by atoms with Gasteiger partial charge >= 0.3 is 0 Å². The van der Waals surface area contributed by atoms with Crippen LogP contribution in [0.15, 0.2) is 30.3 Å². The number of benzene rings is 1. The number of nitrogens with zero attached hydrogens (tertiary/aromatic N) is 2. The van der Waals surface area contributed by atoms with E-state index in [0.717, 1.165) is 37.7 Å². The number of carbonyl (C=O) groups is 2. The molecule has 1 aliphatic heterocycles. The van der Waals surface area contributed by atoms with Crippen LogP contribution in [0.4, 0.5) is 0 Å². The third kappa shape index (κ3) is 3.91. The van der Waals surface area contributed by atoms with E-state index in [1.807, 2.05) is 49.2 Å². The molecule has 1 heterocycles. The normalized spacial score (nSPS) is 20.8. The van der Waals surface area contributed by atoms with Crippen molar-refractivity contribution in [1.29, 1.82) is 0 Å². The lowest BCUT2D eigenvalue weighted by atomic mass is 10.0. The second-order valence-electron chi connectivity index (χ2n) is 5.76. The fourth-order valence-corrected chi connectivity index (χ4v) is 2.82. The number of amides is 1. The molecule has 0 spiro atoms. The summed E-state index contributed by atoms with van der Waals surface area (Å²) in [5, 5.41) is 0. The molecule has 0 aromatic heterocycles. The average molecular weight is 288 g/mol. The largest absolute Gasteiger partial charge is 0.338 e. The summed E-state index contributed by atoms with van der Waals surface area (Å²) in [6.45, 7) is 3.19. The molecule has 0 saturated carbocycles. The van der Waals surface area contributed by atoms with Gasteiger partial charge in [-0.3, -0.25) is 9.69 Å². The summed E-state index contributed by atoms with van der Waals surface area (Å²) >= 11 is 0. The van der Waals surface area contributed by atoms with Crippen LogP contribution in [0.3, 0.4) is 0 Å². The molecule has 21 heavy (non-hydrogen) atoms. The molecule has 2 rings (SSSR count). The first kappa shape index (κ1) is 15.7. The molecule has 1 amide bonds. The number of likely N-dealkylation sites (tertiary alicyclic amines) is 1. The fraction of sp³-hybridized carbons (Fsp3) is 0.529. The molecular formula is C17H24N2O2. The van der Waals surface area contributed by atoms with Crippen molar-refractivity contribution >= 4 is 12.2 Å². The molecule has 0 bridgehead atoms. The Morgan fingerprint density at radius 1 is 1.38 bits per heavy atom. The summed E-state index contributed by atoms with van der Waals surface area (Å²) in [5.74, 6) is 0.0695. The Hall–Kier alpha value is -1.68. The quantitative estimate of drug-likeness (QED) is 0.780. The zero-order valence-electron chi connectivity index (χ0n) is 12.9. The Morgan fingerprint density at radius 3 is 2.76 bits per heavy atom. The van der Waals surface area contributed by atoms with Crippen LogP contribution >= 0.6 is 0 Å². The van der Waals surface area contributed by atoms with Crippen LogP contribution < -0.4 is 0 Å². The Kier molecular flexibility index (Phi) is 5.51. The summed E-state index contributed by atoms with van der Waals surface area (Å²) in [6, 6.07) is 9.95. The second-order valence-corrected chi connectivity index (χ2v) is 5.76. The number of hydrogen-bond donors (Lipinski definition) is 0. The first-order valence-electron chi connectivity index (χ1n) is 7.63. The second kappa shape index (κ2) is 7.36. The van der Waals surface area contributed by atoms with Gasteiger partial charge < -0.3 is 9.69 Å². The van der Waals surface area contributed by atoms with Gasteiger partial charge in [0, 0.05) is 7.05 Å². The standard InChI is InChI=1S/C17H24N2O2/c1-14(15-8-4-3-5-9-15)18(2)17(21)12-19-11-7-6-10-16(19)13-20/h3-5,8-9,13-14,16H,6-7,10-12H2,1-2H3. The van der Waals surface area contributed by atoms with Crippen LogP contribution in [-0.4, -0.2) is 48.2 Å². The van der Waals surface area contributed by atoms with Crippen molar-refractivity contribution in [2.24, 2.45) is 0 Å². The van der Waals surface area contributed by atoms with E-state index in [9.17, 15) is 9.59 Å². The molecular weight excluding hydrogens is 264 g/mol. The van der Waals surface area contributed by atoms with Crippen molar-refractivity contribution in [3.8, 4) is 0 Å². The van der Waals surface area contributed by atoms with Gasteiger partial charge in [-0.25, -0.2) is 0 Å². The molecule has 4 heteroatoms. The maximum Gasteiger partial charge on any atom is 0.237 e. The van der Waals surface area contributed by atoms with Crippen LogP contribution in [0.2, 0.25) is 0 Å². The topological polar surface area (TPSA) is 40.6 Å². The van der Waals surface area contributed by atoms with Crippen LogP contribution in [0.5, 0.6) is 0 Å². The Morgan fingerprint density at radius 2 is 2.10 bits per heavy atom. The van der Waals surface area contributed by atoms with Crippen molar-refractivity contribution in [3.63, 3.8) is 0 Å². The van der Waals surface area contributed by atoms with Crippen molar-refractivity contribution < 1.29 is 9.59 Å². The van der Waals surface area contributed by atoms with Gasteiger partial charge in [-0.05, 0) is 31.9 Å². The Labute approximate surface area is 126 Å². The summed E-state index contributed by atoms with van der Waals surface area (Å²) in [6.07, 6.45) is 3.99. The molecule has 1 saturated heterocycles. The number of aldehydes is 1. The molecule has 0 aliphatic carbocycles. The summed E-state index contributed by atoms with van der Waals surface area (Å²) < 4.78 is 0. The Balaban J connectivity index is 1.97. The zero-order chi connectivity index (χ0) is 15.2.